The number of halogens is 1. The van der Waals surface area contributed by atoms with Gasteiger partial charge in [-0.2, -0.15) is 0 Å². The largest absolute Gasteiger partial charge is 0.337 e. The zero-order valence-electron chi connectivity index (χ0n) is 14.5. The molecule has 1 aliphatic heterocycles. The van der Waals surface area contributed by atoms with Gasteiger partial charge in [0.25, 0.3) is 11.8 Å². The fourth-order valence-electron chi connectivity index (χ4n) is 2.93. The van der Waals surface area contributed by atoms with E-state index in [1.165, 1.54) is 0 Å². The van der Waals surface area contributed by atoms with Gasteiger partial charge in [-0.25, -0.2) is 0 Å². The first-order valence-electron chi connectivity index (χ1n) is 8.76. The first kappa shape index (κ1) is 18.2. The Morgan fingerprint density at radius 2 is 1.58 bits per heavy atom. The number of amides is 2. The van der Waals surface area contributed by atoms with Gasteiger partial charge in [0.1, 0.15) is 5.70 Å². The maximum Gasteiger partial charge on any atom is 0.270 e. The predicted octanol–water partition coefficient (Wildman–Crippen LogP) is 4.12. The van der Waals surface area contributed by atoms with Crippen LogP contribution in [-0.4, -0.2) is 29.8 Å². The molecule has 0 radical (unpaired) electrons. The van der Waals surface area contributed by atoms with E-state index < -0.39 is 0 Å². The van der Waals surface area contributed by atoms with Crippen molar-refractivity contribution in [3.05, 3.63) is 76.4 Å². The third-order valence-electron chi connectivity index (χ3n) is 4.34. The normalized spacial score (nSPS) is 14.8. The Morgan fingerprint density at radius 3 is 2.23 bits per heavy atom. The second kappa shape index (κ2) is 8.68. The summed E-state index contributed by atoms with van der Waals surface area (Å²) in [6.45, 7) is 1.44. The van der Waals surface area contributed by atoms with E-state index in [1.54, 1.807) is 47.4 Å². The number of piperidine rings is 1. The molecular formula is C21H21ClN2O2. The number of hydrogen-bond acceptors (Lipinski definition) is 2. The summed E-state index contributed by atoms with van der Waals surface area (Å²) in [4.78, 5) is 27.3. The number of nitrogens with one attached hydrogen (secondary N) is 1. The van der Waals surface area contributed by atoms with Crippen molar-refractivity contribution in [2.75, 3.05) is 13.1 Å². The first-order chi connectivity index (χ1) is 12.6. The Balaban J connectivity index is 1.86. The van der Waals surface area contributed by atoms with Crippen molar-refractivity contribution < 1.29 is 9.59 Å². The molecule has 0 aliphatic carbocycles. The van der Waals surface area contributed by atoms with E-state index in [0.717, 1.165) is 37.9 Å². The van der Waals surface area contributed by atoms with Crippen LogP contribution in [0.3, 0.4) is 0 Å². The molecule has 2 amide bonds. The Morgan fingerprint density at radius 1 is 0.923 bits per heavy atom. The Labute approximate surface area is 158 Å². The van der Waals surface area contributed by atoms with Gasteiger partial charge >= 0.3 is 0 Å². The number of carbonyl (C=O) groups excluding carboxylic acids is 2. The SMILES string of the molecule is O=C(NC(=Cc1ccc(Cl)cc1)C(=O)N1CCCCC1)c1ccccc1. The van der Waals surface area contributed by atoms with Crippen molar-refractivity contribution in [1.29, 1.82) is 0 Å². The van der Waals surface area contributed by atoms with Crippen molar-refractivity contribution in [2.24, 2.45) is 0 Å². The van der Waals surface area contributed by atoms with E-state index in [-0.39, 0.29) is 17.5 Å². The quantitative estimate of drug-likeness (QED) is 0.825. The first-order valence-corrected chi connectivity index (χ1v) is 9.14. The van der Waals surface area contributed by atoms with Crippen molar-refractivity contribution >= 4 is 29.5 Å². The third kappa shape index (κ3) is 4.73. The van der Waals surface area contributed by atoms with E-state index in [4.69, 9.17) is 11.6 Å². The lowest BCUT2D eigenvalue weighted by Gasteiger charge is -2.27. The van der Waals surface area contributed by atoms with Gasteiger partial charge in [0, 0.05) is 23.7 Å². The molecule has 134 valence electrons. The molecule has 1 saturated heterocycles. The highest BCUT2D eigenvalue weighted by Crippen LogP contribution is 2.16. The summed E-state index contributed by atoms with van der Waals surface area (Å²) in [6.07, 6.45) is 4.82. The number of rotatable bonds is 4. The highest BCUT2D eigenvalue weighted by Gasteiger charge is 2.22. The summed E-state index contributed by atoms with van der Waals surface area (Å²) in [5, 5.41) is 3.42. The molecule has 1 N–H and O–H groups in total. The van der Waals surface area contributed by atoms with E-state index in [9.17, 15) is 9.59 Å². The molecule has 1 aliphatic rings. The fraction of sp³-hybridized carbons (Fsp3) is 0.238. The molecule has 26 heavy (non-hydrogen) atoms. The van der Waals surface area contributed by atoms with Crippen molar-refractivity contribution in [3.8, 4) is 0 Å². The summed E-state index contributed by atoms with van der Waals surface area (Å²) in [5.41, 5.74) is 1.60. The van der Waals surface area contributed by atoms with Crippen LogP contribution in [-0.2, 0) is 4.79 Å². The Kier molecular flexibility index (Phi) is 6.08. The van der Waals surface area contributed by atoms with Gasteiger partial charge in [-0.3, -0.25) is 9.59 Å². The van der Waals surface area contributed by atoms with Crippen molar-refractivity contribution in [2.45, 2.75) is 19.3 Å². The Hall–Kier alpha value is -2.59. The molecule has 3 rings (SSSR count). The van der Waals surface area contributed by atoms with Gasteiger partial charge in [0.05, 0.1) is 0 Å². The third-order valence-corrected chi connectivity index (χ3v) is 4.59. The lowest BCUT2D eigenvalue weighted by molar-refractivity contribution is -0.128. The molecular weight excluding hydrogens is 348 g/mol. The summed E-state index contributed by atoms with van der Waals surface area (Å²) >= 11 is 5.93. The van der Waals surface area contributed by atoms with E-state index in [0.29, 0.717) is 10.6 Å². The van der Waals surface area contributed by atoms with Crippen LogP contribution < -0.4 is 5.32 Å². The van der Waals surface area contributed by atoms with Gasteiger partial charge in [0.15, 0.2) is 0 Å². The smallest absolute Gasteiger partial charge is 0.270 e. The van der Waals surface area contributed by atoms with Crippen LogP contribution in [0.4, 0.5) is 0 Å². The van der Waals surface area contributed by atoms with E-state index in [1.807, 2.05) is 18.2 Å². The average Bonchev–Trinajstić information content (AvgIpc) is 2.70. The number of nitrogens with zero attached hydrogens (tertiary/aromatic N) is 1. The monoisotopic (exact) mass is 368 g/mol. The van der Waals surface area contributed by atoms with Crippen molar-refractivity contribution in [1.82, 2.24) is 10.2 Å². The van der Waals surface area contributed by atoms with Crippen LogP contribution >= 0.6 is 11.6 Å². The standard InChI is InChI=1S/C21H21ClN2O2/c22-18-11-9-16(10-12-18)15-19(21(26)24-13-5-2-6-14-24)23-20(25)17-7-3-1-4-8-17/h1,3-4,7-12,15H,2,5-6,13-14H2,(H,23,25). The molecule has 0 aromatic heterocycles. The molecule has 1 heterocycles. The molecule has 0 atom stereocenters. The minimum atomic E-state index is -0.295. The zero-order valence-corrected chi connectivity index (χ0v) is 15.2. The number of carbonyl (C=O) groups is 2. The number of likely N-dealkylation sites (tertiary alicyclic amines) is 1. The molecule has 0 unspecified atom stereocenters. The van der Waals surface area contributed by atoms with Crippen molar-refractivity contribution in [3.63, 3.8) is 0 Å². The second-order valence-electron chi connectivity index (χ2n) is 6.28. The van der Waals surface area contributed by atoms with Crippen LogP contribution in [0.1, 0.15) is 35.2 Å². The number of hydrogen-bond donors (Lipinski definition) is 1. The van der Waals surface area contributed by atoms with Crippen LogP contribution in [0.25, 0.3) is 6.08 Å². The van der Waals surface area contributed by atoms with E-state index >= 15 is 0 Å². The summed E-state index contributed by atoms with van der Waals surface area (Å²) in [7, 11) is 0. The van der Waals surface area contributed by atoms with Crippen LogP contribution in [0, 0.1) is 0 Å². The molecule has 2 aromatic carbocycles. The molecule has 0 bridgehead atoms. The summed E-state index contributed by atoms with van der Waals surface area (Å²) in [5.74, 6) is -0.444. The molecule has 1 fully saturated rings. The van der Waals surface area contributed by atoms with Crippen LogP contribution in [0.5, 0.6) is 0 Å². The van der Waals surface area contributed by atoms with Gasteiger partial charge in [-0.05, 0) is 55.2 Å². The summed E-state index contributed by atoms with van der Waals surface area (Å²) in [6, 6.07) is 16.0. The van der Waals surface area contributed by atoms with Gasteiger partial charge in [-0.1, -0.05) is 41.9 Å². The highest BCUT2D eigenvalue weighted by atomic mass is 35.5. The average molecular weight is 369 g/mol. The maximum atomic E-state index is 13.0. The van der Waals surface area contributed by atoms with Gasteiger partial charge in [0.2, 0.25) is 0 Å². The molecule has 5 heteroatoms. The van der Waals surface area contributed by atoms with Gasteiger partial charge < -0.3 is 10.2 Å². The minimum Gasteiger partial charge on any atom is -0.337 e. The maximum absolute atomic E-state index is 13.0. The Bertz CT molecular complexity index is 795. The number of benzene rings is 2. The van der Waals surface area contributed by atoms with Crippen LogP contribution in [0.2, 0.25) is 5.02 Å². The lowest BCUT2D eigenvalue weighted by atomic mass is 10.1. The fourth-order valence-corrected chi connectivity index (χ4v) is 3.05. The molecule has 2 aromatic rings. The zero-order chi connectivity index (χ0) is 18.4. The van der Waals surface area contributed by atoms with Gasteiger partial charge in [-0.15, -0.1) is 0 Å². The topological polar surface area (TPSA) is 49.4 Å². The molecule has 0 spiro atoms. The van der Waals surface area contributed by atoms with Crippen LogP contribution in [0.15, 0.2) is 60.3 Å². The highest BCUT2D eigenvalue weighted by molar-refractivity contribution is 6.30. The predicted molar refractivity (Wildman–Crippen MR) is 104 cm³/mol. The minimum absolute atomic E-state index is 0.149. The molecule has 0 saturated carbocycles. The summed E-state index contributed by atoms with van der Waals surface area (Å²) < 4.78 is 0. The van der Waals surface area contributed by atoms with E-state index in [2.05, 4.69) is 5.32 Å². The molecule has 4 nitrogen and oxygen atoms in total. The lowest BCUT2D eigenvalue weighted by Crippen LogP contribution is -2.41. The second-order valence-corrected chi connectivity index (χ2v) is 6.72.